The molecular formula is C21H25N5O2. The van der Waals surface area contributed by atoms with Gasteiger partial charge in [0.2, 0.25) is 0 Å². The molecule has 7 nitrogen and oxygen atoms in total. The van der Waals surface area contributed by atoms with Gasteiger partial charge in [-0.05, 0) is 24.8 Å². The number of nitrogens with one attached hydrogen (secondary N) is 1. The molecule has 2 aromatic heterocycles. The van der Waals surface area contributed by atoms with E-state index in [0.29, 0.717) is 23.3 Å². The molecule has 0 bridgehead atoms. The molecule has 7 heteroatoms. The van der Waals surface area contributed by atoms with Gasteiger partial charge in [0.1, 0.15) is 11.2 Å². The van der Waals surface area contributed by atoms with Crippen molar-refractivity contribution in [3.63, 3.8) is 0 Å². The fourth-order valence-electron chi connectivity index (χ4n) is 3.76. The van der Waals surface area contributed by atoms with Gasteiger partial charge in [0.05, 0.1) is 5.69 Å². The van der Waals surface area contributed by atoms with Gasteiger partial charge < -0.3 is 10.2 Å². The molecule has 3 aromatic rings. The average Bonchev–Trinajstić information content (AvgIpc) is 2.75. The van der Waals surface area contributed by atoms with E-state index in [1.54, 1.807) is 7.05 Å². The van der Waals surface area contributed by atoms with Crippen molar-refractivity contribution in [2.24, 2.45) is 14.1 Å². The predicted molar refractivity (Wildman–Crippen MR) is 112 cm³/mol. The Morgan fingerprint density at radius 2 is 1.71 bits per heavy atom. The van der Waals surface area contributed by atoms with E-state index in [1.165, 1.54) is 18.0 Å². The summed E-state index contributed by atoms with van der Waals surface area (Å²) in [5, 5.41) is 3.85. The van der Waals surface area contributed by atoms with Crippen molar-refractivity contribution < 1.29 is 0 Å². The van der Waals surface area contributed by atoms with Crippen molar-refractivity contribution in [3.05, 3.63) is 62.8 Å². The molecule has 0 atom stereocenters. The molecule has 3 heterocycles. The lowest BCUT2D eigenvalue weighted by atomic mass is 10.1. The monoisotopic (exact) mass is 379 g/mol. The van der Waals surface area contributed by atoms with Crippen molar-refractivity contribution in [2.75, 3.05) is 23.3 Å². The van der Waals surface area contributed by atoms with Gasteiger partial charge in [0.15, 0.2) is 5.65 Å². The maximum Gasteiger partial charge on any atom is 0.332 e. The van der Waals surface area contributed by atoms with E-state index < -0.39 is 0 Å². The summed E-state index contributed by atoms with van der Waals surface area (Å²) < 4.78 is 2.59. The van der Waals surface area contributed by atoms with Crippen LogP contribution in [-0.4, -0.2) is 27.2 Å². The van der Waals surface area contributed by atoms with Crippen LogP contribution < -0.4 is 21.5 Å². The van der Waals surface area contributed by atoms with Crippen LogP contribution in [0.15, 0.2) is 46.0 Å². The summed E-state index contributed by atoms with van der Waals surface area (Å²) >= 11 is 0. The Labute approximate surface area is 163 Å². The summed E-state index contributed by atoms with van der Waals surface area (Å²) in [5.41, 5.74) is 1.56. The van der Waals surface area contributed by atoms with E-state index in [0.717, 1.165) is 41.9 Å². The molecule has 1 aromatic carbocycles. The largest absolute Gasteiger partial charge is 0.380 e. The molecule has 0 aliphatic carbocycles. The quantitative estimate of drug-likeness (QED) is 0.753. The molecule has 4 rings (SSSR count). The van der Waals surface area contributed by atoms with E-state index in [9.17, 15) is 9.59 Å². The third-order valence-electron chi connectivity index (χ3n) is 5.40. The number of piperidine rings is 1. The van der Waals surface area contributed by atoms with Gasteiger partial charge in [-0.15, -0.1) is 0 Å². The summed E-state index contributed by atoms with van der Waals surface area (Å²) in [6.07, 6.45) is 3.48. The highest BCUT2D eigenvalue weighted by Gasteiger charge is 2.19. The topological polar surface area (TPSA) is 72.2 Å². The minimum Gasteiger partial charge on any atom is -0.380 e. The number of nitrogens with zero attached hydrogens (tertiary/aromatic N) is 4. The molecule has 28 heavy (non-hydrogen) atoms. The number of hydrogen-bond donors (Lipinski definition) is 1. The Morgan fingerprint density at radius 3 is 2.43 bits per heavy atom. The average molecular weight is 379 g/mol. The van der Waals surface area contributed by atoms with E-state index in [-0.39, 0.29) is 11.2 Å². The smallest absolute Gasteiger partial charge is 0.332 e. The fraction of sp³-hybridized carbons (Fsp3) is 0.381. The molecule has 146 valence electrons. The summed E-state index contributed by atoms with van der Waals surface area (Å²) in [7, 11) is 3.17. The number of aromatic nitrogens is 3. The highest BCUT2D eigenvalue weighted by molar-refractivity contribution is 5.90. The minimum atomic E-state index is -0.366. The molecular weight excluding hydrogens is 354 g/mol. The zero-order valence-corrected chi connectivity index (χ0v) is 16.3. The summed E-state index contributed by atoms with van der Waals surface area (Å²) in [6.45, 7) is 2.47. The van der Waals surface area contributed by atoms with Crippen molar-refractivity contribution in [1.82, 2.24) is 14.1 Å². The molecule has 1 saturated heterocycles. The third-order valence-corrected chi connectivity index (χ3v) is 5.40. The number of hydrogen-bond acceptors (Lipinski definition) is 5. The first-order chi connectivity index (χ1) is 13.6. The van der Waals surface area contributed by atoms with E-state index in [1.807, 2.05) is 36.4 Å². The van der Waals surface area contributed by atoms with Crippen LogP contribution in [0.4, 0.5) is 11.5 Å². The van der Waals surface area contributed by atoms with Crippen LogP contribution >= 0.6 is 0 Å². The summed E-state index contributed by atoms with van der Waals surface area (Å²) in [6, 6.07) is 12.0. The predicted octanol–water partition coefficient (Wildman–Crippen LogP) is 2.23. The Morgan fingerprint density at radius 1 is 1.00 bits per heavy atom. The van der Waals surface area contributed by atoms with Crippen molar-refractivity contribution in [2.45, 2.75) is 25.8 Å². The third kappa shape index (κ3) is 3.28. The van der Waals surface area contributed by atoms with Crippen LogP contribution in [0, 0.1) is 0 Å². The second kappa shape index (κ2) is 7.50. The molecule has 1 aliphatic rings. The van der Waals surface area contributed by atoms with Gasteiger partial charge >= 0.3 is 5.69 Å². The van der Waals surface area contributed by atoms with E-state index in [2.05, 4.69) is 10.2 Å². The Kier molecular flexibility index (Phi) is 4.90. The van der Waals surface area contributed by atoms with Crippen LogP contribution in [0.2, 0.25) is 0 Å². The van der Waals surface area contributed by atoms with Crippen LogP contribution in [0.25, 0.3) is 11.0 Å². The number of pyridine rings is 1. The second-order valence-corrected chi connectivity index (χ2v) is 7.32. The summed E-state index contributed by atoms with van der Waals surface area (Å²) in [4.78, 5) is 32.3. The SMILES string of the molecule is Cn1c(=O)c2c(NCc3ccccc3)cc(N3CCCCC3)nc2n(C)c1=O. The molecule has 0 amide bonds. The first-order valence-corrected chi connectivity index (χ1v) is 9.70. The van der Waals surface area contributed by atoms with Gasteiger partial charge in [-0.2, -0.15) is 0 Å². The molecule has 1 N–H and O–H groups in total. The molecule has 1 aliphatic heterocycles. The maximum atomic E-state index is 12.9. The first kappa shape index (κ1) is 18.3. The van der Waals surface area contributed by atoms with Crippen LogP contribution in [-0.2, 0) is 20.6 Å². The van der Waals surface area contributed by atoms with Crippen molar-refractivity contribution >= 4 is 22.5 Å². The highest BCUT2D eigenvalue weighted by Crippen LogP contribution is 2.26. The van der Waals surface area contributed by atoms with Gasteiger partial charge in [-0.1, -0.05) is 30.3 Å². The summed E-state index contributed by atoms with van der Waals surface area (Å²) in [5.74, 6) is 0.811. The lowest BCUT2D eigenvalue weighted by Gasteiger charge is -2.28. The normalized spacial score (nSPS) is 14.4. The number of benzene rings is 1. The first-order valence-electron chi connectivity index (χ1n) is 9.70. The molecule has 0 unspecified atom stereocenters. The second-order valence-electron chi connectivity index (χ2n) is 7.32. The Balaban J connectivity index is 1.86. The molecule has 1 fully saturated rings. The molecule has 0 radical (unpaired) electrons. The Hall–Kier alpha value is -3.09. The van der Waals surface area contributed by atoms with Crippen molar-refractivity contribution in [1.29, 1.82) is 0 Å². The van der Waals surface area contributed by atoms with Crippen LogP contribution in [0.1, 0.15) is 24.8 Å². The Bertz CT molecular complexity index is 1110. The zero-order chi connectivity index (χ0) is 19.7. The minimum absolute atomic E-state index is 0.327. The van der Waals surface area contributed by atoms with Gasteiger partial charge in [0, 0.05) is 39.8 Å². The molecule has 0 saturated carbocycles. The van der Waals surface area contributed by atoms with Gasteiger partial charge in [0.25, 0.3) is 5.56 Å². The van der Waals surface area contributed by atoms with Gasteiger partial charge in [-0.25, -0.2) is 9.78 Å². The lowest BCUT2D eigenvalue weighted by molar-refractivity contribution is 0.573. The number of rotatable bonds is 4. The van der Waals surface area contributed by atoms with Crippen LogP contribution in [0.3, 0.4) is 0 Å². The number of aryl methyl sites for hydroxylation is 1. The molecule has 0 spiro atoms. The van der Waals surface area contributed by atoms with Gasteiger partial charge in [-0.3, -0.25) is 13.9 Å². The van der Waals surface area contributed by atoms with E-state index >= 15 is 0 Å². The van der Waals surface area contributed by atoms with Crippen LogP contribution in [0.5, 0.6) is 0 Å². The fourth-order valence-corrected chi connectivity index (χ4v) is 3.76. The number of fused-ring (bicyclic) bond motifs is 1. The zero-order valence-electron chi connectivity index (χ0n) is 16.3. The van der Waals surface area contributed by atoms with Crippen molar-refractivity contribution in [3.8, 4) is 0 Å². The highest BCUT2D eigenvalue weighted by atomic mass is 16.2. The number of anilines is 2. The lowest BCUT2D eigenvalue weighted by Crippen LogP contribution is -2.38. The standard InChI is InChI=1S/C21H25N5O2/c1-24-19-18(20(27)25(2)21(24)28)16(22-14-15-9-5-3-6-10-15)13-17(23-19)26-11-7-4-8-12-26/h3,5-6,9-10,13H,4,7-8,11-12,14H2,1-2H3,(H,22,23). The maximum absolute atomic E-state index is 12.9. The van der Waals surface area contributed by atoms with E-state index in [4.69, 9.17) is 4.98 Å².